The molecular weight excluding hydrogens is 278 g/mol. The zero-order valence-electron chi connectivity index (χ0n) is 12.0. The predicted molar refractivity (Wildman–Crippen MR) is 86.3 cm³/mol. The van der Waals surface area contributed by atoms with Gasteiger partial charge in [0.2, 0.25) is 0 Å². The van der Waals surface area contributed by atoms with Crippen LogP contribution in [0, 0.1) is 0 Å². The fraction of sp³-hybridized carbons (Fsp3) is 0.0625. The lowest BCUT2D eigenvalue weighted by molar-refractivity contribution is 0.100. The fourth-order valence-corrected chi connectivity index (χ4v) is 2.45. The molecule has 0 saturated heterocycles. The van der Waals surface area contributed by atoms with E-state index in [0.717, 1.165) is 22.0 Å². The van der Waals surface area contributed by atoms with Gasteiger partial charge in [0.1, 0.15) is 0 Å². The molecule has 6 nitrogen and oxygen atoms in total. The number of carbonyl (C=O) groups is 1. The molecule has 110 valence electrons. The molecule has 1 amide bonds. The molecule has 0 aliphatic carbocycles. The van der Waals surface area contributed by atoms with E-state index in [1.807, 2.05) is 37.4 Å². The number of amides is 1. The maximum absolute atomic E-state index is 12.0. The SMILES string of the molecule is Cn1nccc1-c1cccc2ccc(C(=O)N=C(N)N)cc12. The van der Waals surface area contributed by atoms with E-state index in [-0.39, 0.29) is 5.96 Å². The summed E-state index contributed by atoms with van der Waals surface area (Å²) in [7, 11) is 1.88. The smallest absolute Gasteiger partial charge is 0.280 e. The van der Waals surface area contributed by atoms with Crippen LogP contribution in [0.3, 0.4) is 0 Å². The van der Waals surface area contributed by atoms with Crippen LogP contribution >= 0.6 is 0 Å². The average molecular weight is 293 g/mol. The van der Waals surface area contributed by atoms with E-state index in [1.165, 1.54) is 0 Å². The van der Waals surface area contributed by atoms with Crippen LogP contribution < -0.4 is 11.5 Å². The Hall–Kier alpha value is -3.15. The molecule has 0 aliphatic rings. The van der Waals surface area contributed by atoms with Gasteiger partial charge in [-0.3, -0.25) is 9.48 Å². The van der Waals surface area contributed by atoms with Gasteiger partial charge in [-0.1, -0.05) is 24.3 Å². The molecule has 22 heavy (non-hydrogen) atoms. The summed E-state index contributed by atoms with van der Waals surface area (Å²) in [4.78, 5) is 15.6. The molecule has 3 aromatic rings. The van der Waals surface area contributed by atoms with E-state index in [0.29, 0.717) is 5.56 Å². The van der Waals surface area contributed by atoms with Gasteiger partial charge in [0.25, 0.3) is 5.91 Å². The molecule has 2 aromatic carbocycles. The van der Waals surface area contributed by atoms with E-state index in [4.69, 9.17) is 11.5 Å². The summed E-state index contributed by atoms with van der Waals surface area (Å²) in [6, 6.07) is 13.3. The lowest BCUT2D eigenvalue weighted by Gasteiger charge is -2.08. The van der Waals surface area contributed by atoms with E-state index < -0.39 is 5.91 Å². The lowest BCUT2D eigenvalue weighted by Crippen LogP contribution is -2.24. The Morgan fingerprint density at radius 3 is 2.68 bits per heavy atom. The van der Waals surface area contributed by atoms with Crippen LogP contribution in [0.15, 0.2) is 53.7 Å². The van der Waals surface area contributed by atoms with Crippen molar-refractivity contribution >= 4 is 22.6 Å². The molecule has 0 atom stereocenters. The highest BCUT2D eigenvalue weighted by Crippen LogP contribution is 2.29. The molecule has 6 heteroatoms. The number of fused-ring (bicyclic) bond motifs is 1. The highest BCUT2D eigenvalue weighted by molar-refractivity contribution is 6.06. The van der Waals surface area contributed by atoms with Crippen molar-refractivity contribution in [1.29, 1.82) is 0 Å². The van der Waals surface area contributed by atoms with Crippen molar-refractivity contribution in [3.05, 3.63) is 54.2 Å². The van der Waals surface area contributed by atoms with Crippen LogP contribution in [-0.2, 0) is 7.05 Å². The Bertz CT molecular complexity index is 890. The zero-order chi connectivity index (χ0) is 15.7. The van der Waals surface area contributed by atoms with Crippen LogP contribution in [-0.4, -0.2) is 21.6 Å². The molecular formula is C16H15N5O. The molecule has 0 radical (unpaired) electrons. The van der Waals surface area contributed by atoms with Crippen molar-refractivity contribution in [2.24, 2.45) is 23.5 Å². The number of rotatable bonds is 2. The van der Waals surface area contributed by atoms with Crippen molar-refractivity contribution in [2.75, 3.05) is 0 Å². The zero-order valence-corrected chi connectivity index (χ0v) is 12.0. The topological polar surface area (TPSA) is 99.3 Å². The first-order valence-electron chi connectivity index (χ1n) is 6.71. The fourth-order valence-electron chi connectivity index (χ4n) is 2.45. The predicted octanol–water partition coefficient (Wildman–Crippen LogP) is 1.65. The second-order valence-electron chi connectivity index (χ2n) is 4.92. The molecule has 0 saturated carbocycles. The standard InChI is InChI=1S/C16H15N5O/c1-21-14(7-8-19-21)12-4-2-3-10-5-6-11(9-13(10)12)15(22)20-16(17)18/h2-9H,1H3,(H4,17,18,20,22). The molecule has 0 fully saturated rings. The highest BCUT2D eigenvalue weighted by Gasteiger charge is 2.10. The van der Waals surface area contributed by atoms with Crippen molar-refractivity contribution in [3.63, 3.8) is 0 Å². The number of aryl methyl sites for hydroxylation is 1. The normalized spacial score (nSPS) is 10.6. The Morgan fingerprint density at radius 2 is 2.00 bits per heavy atom. The van der Waals surface area contributed by atoms with Gasteiger partial charge in [-0.15, -0.1) is 0 Å². The minimum absolute atomic E-state index is 0.245. The summed E-state index contributed by atoms with van der Waals surface area (Å²) in [5.41, 5.74) is 12.9. The van der Waals surface area contributed by atoms with Crippen molar-refractivity contribution in [1.82, 2.24) is 9.78 Å². The van der Waals surface area contributed by atoms with Gasteiger partial charge in [0.05, 0.1) is 5.69 Å². The third kappa shape index (κ3) is 2.42. The minimum atomic E-state index is -0.457. The third-order valence-corrected chi connectivity index (χ3v) is 3.46. The van der Waals surface area contributed by atoms with Gasteiger partial charge in [-0.2, -0.15) is 10.1 Å². The maximum Gasteiger partial charge on any atom is 0.280 e. The number of aromatic nitrogens is 2. The number of aliphatic imine (C=N–C) groups is 1. The number of nitrogens with zero attached hydrogens (tertiary/aromatic N) is 3. The molecule has 4 N–H and O–H groups in total. The molecule has 3 rings (SSSR count). The number of hydrogen-bond acceptors (Lipinski definition) is 2. The molecule has 0 bridgehead atoms. The Balaban J connectivity index is 2.21. The summed E-state index contributed by atoms with van der Waals surface area (Å²) in [6.07, 6.45) is 1.74. The second-order valence-corrected chi connectivity index (χ2v) is 4.92. The Labute approximate surface area is 127 Å². The van der Waals surface area contributed by atoms with Gasteiger partial charge in [-0.25, -0.2) is 0 Å². The Kier molecular flexibility index (Phi) is 3.34. The summed E-state index contributed by atoms with van der Waals surface area (Å²) >= 11 is 0. The van der Waals surface area contributed by atoms with Crippen LogP contribution in [0.4, 0.5) is 0 Å². The van der Waals surface area contributed by atoms with Gasteiger partial charge < -0.3 is 11.5 Å². The molecule has 0 spiro atoms. The summed E-state index contributed by atoms with van der Waals surface area (Å²) in [6.45, 7) is 0. The third-order valence-electron chi connectivity index (χ3n) is 3.46. The first-order chi connectivity index (χ1) is 10.6. The quantitative estimate of drug-likeness (QED) is 0.554. The van der Waals surface area contributed by atoms with Gasteiger partial charge in [0.15, 0.2) is 5.96 Å². The summed E-state index contributed by atoms with van der Waals surface area (Å²) < 4.78 is 1.79. The maximum atomic E-state index is 12.0. The van der Waals surface area contributed by atoms with Gasteiger partial charge in [0, 0.05) is 24.4 Å². The van der Waals surface area contributed by atoms with E-state index >= 15 is 0 Å². The first-order valence-corrected chi connectivity index (χ1v) is 6.71. The largest absolute Gasteiger partial charge is 0.370 e. The monoisotopic (exact) mass is 293 g/mol. The van der Waals surface area contributed by atoms with Crippen molar-refractivity contribution in [2.45, 2.75) is 0 Å². The number of hydrogen-bond donors (Lipinski definition) is 2. The second kappa shape index (κ2) is 5.33. The molecule has 0 aliphatic heterocycles. The van der Waals surface area contributed by atoms with Crippen LogP contribution in [0.1, 0.15) is 10.4 Å². The molecule has 1 heterocycles. The van der Waals surface area contributed by atoms with Crippen LogP contribution in [0.5, 0.6) is 0 Å². The number of carbonyl (C=O) groups excluding carboxylic acids is 1. The first kappa shape index (κ1) is 13.8. The van der Waals surface area contributed by atoms with Crippen LogP contribution in [0.2, 0.25) is 0 Å². The highest BCUT2D eigenvalue weighted by atomic mass is 16.1. The summed E-state index contributed by atoms with van der Waals surface area (Å²) in [5, 5.41) is 6.17. The van der Waals surface area contributed by atoms with Gasteiger partial charge in [-0.05, 0) is 29.0 Å². The van der Waals surface area contributed by atoms with E-state index in [2.05, 4.69) is 10.1 Å². The molecule has 1 aromatic heterocycles. The summed E-state index contributed by atoms with van der Waals surface area (Å²) in [5.74, 6) is -0.702. The Morgan fingerprint density at radius 1 is 1.18 bits per heavy atom. The minimum Gasteiger partial charge on any atom is -0.370 e. The number of benzene rings is 2. The lowest BCUT2D eigenvalue weighted by atomic mass is 9.99. The molecule has 0 unspecified atom stereocenters. The van der Waals surface area contributed by atoms with Crippen LogP contribution in [0.25, 0.3) is 22.0 Å². The van der Waals surface area contributed by atoms with Gasteiger partial charge >= 0.3 is 0 Å². The van der Waals surface area contributed by atoms with Crippen molar-refractivity contribution in [3.8, 4) is 11.3 Å². The number of nitrogens with two attached hydrogens (primary N) is 2. The average Bonchev–Trinajstić information content (AvgIpc) is 2.91. The van der Waals surface area contributed by atoms with E-state index in [9.17, 15) is 4.79 Å². The van der Waals surface area contributed by atoms with Crippen molar-refractivity contribution < 1.29 is 4.79 Å². The van der Waals surface area contributed by atoms with E-state index in [1.54, 1.807) is 23.0 Å². The number of guanidine groups is 1.